The summed E-state index contributed by atoms with van der Waals surface area (Å²) >= 11 is 0. The zero-order valence-corrected chi connectivity index (χ0v) is 15.5. The molecule has 2 aliphatic rings. The number of rotatable bonds is 3. The van der Waals surface area contributed by atoms with E-state index in [-0.39, 0.29) is 29.5 Å². The molecule has 0 bridgehead atoms. The van der Waals surface area contributed by atoms with Crippen LogP contribution in [0.15, 0.2) is 42.5 Å². The van der Waals surface area contributed by atoms with Crippen LogP contribution in [0.25, 0.3) is 10.8 Å². The van der Waals surface area contributed by atoms with Gasteiger partial charge in [0.15, 0.2) is 9.84 Å². The van der Waals surface area contributed by atoms with Crippen LogP contribution in [0.4, 0.5) is 0 Å². The van der Waals surface area contributed by atoms with Crippen LogP contribution in [0.1, 0.15) is 29.6 Å². The van der Waals surface area contributed by atoms with Crippen molar-refractivity contribution >= 4 is 26.5 Å². The van der Waals surface area contributed by atoms with Gasteiger partial charge in [-0.25, -0.2) is 8.42 Å². The summed E-state index contributed by atoms with van der Waals surface area (Å²) in [4.78, 5) is 15.2. The van der Waals surface area contributed by atoms with Gasteiger partial charge in [-0.3, -0.25) is 9.69 Å². The Labute approximate surface area is 154 Å². The Morgan fingerprint density at radius 1 is 0.962 bits per heavy atom. The van der Waals surface area contributed by atoms with E-state index in [0.29, 0.717) is 5.56 Å². The van der Waals surface area contributed by atoms with Crippen LogP contribution in [0.3, 0.4) is 0 Å². The zero-order chi connectivity index (χ0) is 18.1. The number of sulfone groups is 1. The Hall–Kier alpha value is -1.92. The van der Waals surface area contributed by atoms with E-state index in [1.807, 2.05) is 36.4 Å². The van der Waals surface area contributed by atoms with Crippen LogP contribution in [-0.4, -0.2) is 55.9 Å². The molecule has 0 aliphatic carbocycles. The zero-order valence-electron chi connectivity index (χ0n) is 14.7. The van der Waals surface area contributed by atoms with Crippen LogP contribution in [-0.2, 0) is 9.84 Å². The summed E-state index contributed by atoms with van der Waals surface area (Å²) < 4.78 is 24.5. The third kappa shape index (κ3) is 3.48. The number of hydrogen-bond acceptors (Lipinski definition) is 4. The number of nitrogens with zero attached hydrogens (tertiary/aromatic N) is 1. The average Bonchev–Trinajstić information content (AvgIpc) is 2.96. The second-order valence-electron chi connectivity index (χ2n) is 7.35. The number of piperidine rings is 1. The molecule has 2 aromatic rings. The van der Waals surface area contributed by atoms with Crippen molar-refractivity contribution in [3.63, 3.8) is 0 Å². The molecule has 4 rings (SSSR count). The predicted molar refractivity (Wildman–Crippen MR) is 103 cm³/mol. The topological polar surface area (TPSA) is 66.5 Å². The standard InChI is InChI=1S/C20H24N2O3S/c23-20(17-10-6-8-15-7-2-3-9-16(15)17)21-18-13-26(24,25)14-19(18)22-11-4-1-5-12-22/h2-3,6-10,18-19H,1,4-5,11-14H2,(H,21,23)/t18-,19-/m0/s1. The molecular weight excluding hydrogens is 348 g/mol. The molecule has 2 aromatic carbocycles. The maximum atomic E-state index is 12.9. The molecule has 2 aliphatic heterocycles. The van der Waals surface area contributed by atoms with Crippen molar-refractivity contribution in [2.75, 3.05) is 24.6 Å². The largest absolute Gasteiger partial charge is 0.347 e. The van der Waals surface area contributed by atoms with Gasteiger partial charge in [0, 0.05) is 11.6 Å². The molecule has 2 fully saturated rings. The van der Waals surface area contributed by atoms with Crippen molar-refractivity contribution in [3.8, 4) is 0 Å². The fourth-order valence-corrected chi connectivity index (χ4v) is 6.20. The van der Waals surface area contributed by atoms with Crippen LogP contribution in [0, 0.1) is 0 Å². The minimum atomic E-state index is -3.12. The maximum absolute atomic E-state index is 12.9. The van der Waals surface area contributed by atoms with Crippen LogP contribution in [0.5, 0.6) is 0 Å². The quantitative estimate of drug-likeness (QED) is 0.897. The fraction of sp³-hybridized carbons (Fsp3) is 0.450. The first-order chi connectivity index (χ1) is 12.5. The number of amides is 1. The Balaban J connectivity index is 1.58. The van der Waals surface area contributed by atoms with Gasteiger partial charge in [-0.2, -0.15) is 0 Å². The van der Waals surface area contributed by atoms with Gasteiger partial charge in [0.25, 0.3) is 5.91 Å². The molecule has 26 heavy (non-hydrogen) atoms. The molecule has 5 nitrogen and oxygen atoms in total. The highest BCUT2D eigenvalue weighted by Crippen LogP contribution is 2.24. The molecule has 138 valence electrons. The van der Waals surface area contributed by atoms with Crippen LogP contribution >= 0.6 is 0 Å². The average molecular weight is 372 g/mol. The minimum absolute atomic E-state index is 0.0324. The Kier molecular flexibility index (Phi) is 4.71. The van der Waals surface area contributed by atoms with E-state index in [9.17, 15) is 13.2 Å². The summed E-state index contributed by atoms with van der Waals surface area (Å²) in [5, 5.41) is 4.93. The van der Waals surface area contributed by atoms with Crippen molar-refractivity contribution in [1.29, 1.82) is 0 Å². The number of benzene rings is 2. The SMILES string of the molecule is O=C(N[C@H]1CS(=O)(=O)C[C@@H]1N1CCCCC1)c1cccc2ccccc12. The summed E-state index contributed by atoms with van der Waals surface area (Å²) in [6.07, 6.45) is 3.39. The summed E-state index contributed by atoms with van der Waals surface area (Å²) in [5.41, 5.74) is 0.602. The number of fused-ring (bicyclic) bond motifs is 1. The number of carbonyl (C=O) groups excluding carboxylic acids is 1. The van der Waals surface area contributed by atoms with Gasteiger partial charge in [0.05, 0.1) is 17.5 Å². The van der Waals surface area contributed by atoms with Gasteiger partial charge in [-0.05, 0) is 42.8 Å². The lowest BCUT2D eigenvalue weighted by atomic mass is 10.0. The number of likely N-dealkylation sites (tertiary alicyclic amines) is 1. The van der Waals surface area contributed by atoms with E-state index in [2.05, 4.69) is 10.2 Å². The Morgan fingerprint density at radius 2 is 1.69 bits per heavy atom. The first kappa shape index (κ1) is 17.5. The maximum Gasteiger partial charge on any atom is 0.252 e. The third-order valence-electron chi connectivity index (χ3n) is 5.53. The summed E-state index contributed by atoms with van der Waals surface area (Å²) in [7, 11) is -3.12. The second kappa shape index (κ2) is 7.00. The highest BCUT2D eigenvalue weighted by Gasteiger charge is 2.42. The third-order valence-corrected chi connectivity index (χ3v) is 7.25. The summed E-state index contributed by atoms with van der Waals surface area (Å²) in [6, 6.07) is 12.9. The molecule has 0 radical (unpaired) electrons. The molecule has 1 amide bonds. The first-order valence-corrected chi connectivity index (χ1v) is 11.1. The lowest BCUT2D eigenvalue weighted by molar-refractivity contribution is 0.0901. The number of hydrogen-bond donors (Lipinski definition) is 1. The van der Waals surface area contributed by atoms with E-state index >= 15 is 0 Å². The van der Waals surface area contributed by atoms with Crippen molar-refractivity contribution in [3.05, 3.63) is 48.0 Å². The van der Waals surface area contributed by atoms with E-state index < -0.39 is 9.84 Å². The van der Waals surface area contributed by atoms with E-state index in [4.69, 9.17) is 0 Å². The van der Waals surface area contributed by atoms with Crippen molar-refractivity contribution in [1.82, 2.24) is 10.2 Å². The van der Waals surface area contributed by atoms with Crippen molar-refractivity contribution in [2.45, 2.75) is 31.3 Å². The van der Waals surface area contributed by atoms with Crippen LogP contribution < -0.4 is 5.32 Å². The predicted octanol–water partition coefficient (Wildman–Crippen LogP) is 2.22. The number of nitrogens with one attached hydrogen (secondary N) is 1. The molecule has 2 atom stereocenters. The Bertz CT molecular complexity index is 914. The molecular formula is C20H24N2O3S. The summed E-state index contributed by atoms with van der Waals surface area (Å²) in [6.45, 7) is 1.83. The van der Waals surface area contributed by atoms with Crippen molar-refractivity contribution in [2.24, 2.45) is 0 Å². The van der Waals surface area contributed by atoms with Crippen LogP contribution in [0.2, 0.25) is 0 Å². The molecule has 6 heteroatoms. The molecule has 0 saturated carbocycles. The molecule has 1 N–H and O–H groups in total. The van der Waals surface area contributed by atoms with Crippen molar-refractivity contribution < 1.29 is 13.2 Å². The van der Waals surface area contributed by atoms with E-state index in [1.165, 1.54) is 6.42 Å². The molecule has 0 unspecified atom stereocenters. The first-order valence-electron chi connectivity index (χ1n) is 9.27. The lowest BCUT2D eigenvalue weighted by Gasteiger charge is -2.35. The van der Waals surface area contributed by atoms with E-state index in [1.54, 1.807) is 6.07 Å². The van der Waals surface area contributed by atoms with Gasteiger partial charge in [0.1, 0.15) is 0 Å². The van der Waals surface area contributed by atoms with E-state index in [0.717, 1.165) is 36.7 Å². The van der Waals surface area contributed by atoms with Gasteiger partial charge < -0.3 is 5.32 Å². The second-order valence-corrected chi connectivity index (χ2v) is 9.50. The smallest absolute Gasteiger partial charge is 0.252 e. The normalized spacial score (nSPS) is 26.0. The monoisotopic (exact) mass is 372 g/mol. The highest BCUT2D eigenvalue weighted by atomic mass is 32.2. The van der Waals surface area contributed by atoms with Gasteiger partial charge in [-0.1, -0.05) is 42.8 Å². The van der Waals surface area contributed by atoms with Gasteiger partial charge >= 0.3 is 0 Å². The summed E-state index contributed by atoms with van der Waals surface area (Å²) in [5.74, 6) is -0.0102. The molecule has 2 heterocycles. The lowest BCUT2D eigenvalue weighted by Crippen LogP contribution is -2.52. The molecule has 0 aromatic heterocycles. The molecule has 0 spiro atoms. The van der Waals surface area contributed by atoms with Gasteiger partial charge in [0.2, 0.25) is 0 Å². The Morgan fingerprint density at radius 3 is 2.50 bits per heavy atom. The molecule has 2 saturated heterocycles. The number of carbonyl (C=O) groups is 1. The minimum Gasteiger partial charge on any atom is -0.347 e. The highest BCUT2D eigenvalue weighted by molar-refractivity contribution is 7.91. The fourth-order valence-electron chi connectivity index (χ4n) is 4.25. The van der Waals surface area contributed by atoms with Gasteiger partial charge in [-0.15, -0.1) is 0 Å².